The number of piperidine rings is 2. The third-order valence-corrected chi connectivity index (χ3v) is 6.88. The van der Waals surface area contributed by atoms with Crippen molar-refractivity contribution in [3.63, 3.8) is 0 Å². The lowest BCUT2D eigenvalue weighted by Gasteiger charge is -2.47. The molecule has 0 radical (unpaired) electrons. The quantitative estimate of drug-likeness (QED) is 0.779. The Morgan fingerprint density at radius 1 is 1.11 bits per heavy atom. The predicted molar refractivity (Wildman–Crippen MR) is 108 cm³/mol. The molecule has 6 nitrogen and oxygen atoms in total. The van der Waals surface area contributed by atoms with Gasteiger partial charge in [-0.2, -0.15) is 0 Å². The number of rotatable bonds is 5. The molecule has 3 fully saturated rings. The van der Waals surface area contributed by atoms with E-state index in [1.165, 1.54) is 18.4 Å². The molecule has 1 spiro atoms. The van der Waals surface area contributed by atoms with Crippen LogP contribution in [-0.2, 0) is 16.0 Å². The van der Waals surface area contributed by atoms with Crippen molar-refractivity contribution in [2.75, 3.05) is 45.8 Å². The summed E-state index contributed by atoms with van der Waals surface area (Å²) in [6.45, 7) is 6.02. The maximum Gasteiger partial charge on any atom is 0.236 e. The Hall–Kier alpha value is -1.95. The summed E-state index contributed by atoms with van der Waals surface area (Å²) < 4.78 is 0. The zero-order valence-corrected chi connectivity index (χ0v) is 16.8. The Kier molecular flexibility index (Phi) is 5.95. The second kappa shape index (κ2) is 8.60. The monoisotopic (exact) mass is 384 g/mol. The average Bonchev–Trinajstić information content (AvgIpc) is 3.23. The van der Waals surface area contributed by atoms with Crippen LogP contribution in [0.1, 0.15) is 44.1 Å². The molecule has 3 aliphatic heterocycles. The lowest BCUT2D eigenvalue weighted by molar-refractivity contribution is -0.142. The maximum absolute atomic E-state index is 12.6. The summed E-state index contributed by atoms with van der Waals surface area (Å²) in [5, 5.41) is 0. The number of likely N-dealkylation sites (tertiary alicyclic amines) is 3. The average molecular weight is 385 g/mol. The van der Waals surface area contributed by atoms with Gasteiger partial charge >= 0.3 is 0 Å². The summed E-state index contributed by atoms with van der Waals surface area (Å²) in [5.74, 6) is 0.569. The van der Waals surface area contributed by atoms with E-state index in [1.807, 2.05) is 12.3 Å². The molecular formula is C22H32N4O2. The van der Waals surface area contributed by atoms with E-state index in [4.69, 9.17) is 0 Å². The van der Waals surface area contributed by atoms with E-state index in [0.29, 0.717) is 13.0 Å². The Balaban J connectivity index is 1.29. The number of aromatic nitrogens is 1. The molecule has 1 aromatic rings. The minimum atomic E-state index is 0.202. The molecule has 28 heavy (non-hydrogen) atoms. The minimum Gasteiger partial charge on any atom is -0.342 e. The molecule has 3 aliphatic rings. The van der Waals surface area contributed by atoms with Gasteiger partial charge in [0, 0.05) is 45.0 Å². The Labute approximate surface area is 167 Å². The van der Waals surface area contributed by atoms with Crippen molar-refractivity contribution in [1.29, 1.82) is 0 Å². The highest BCUT2D eigenvalue weighted by atomic mass is 16.2. The van der Waals surface area contributed by atoms with Gasteiger partial charge in [0.25, 0.3) is 0 Å². The summed E-state index contributed by atoms with van der Waals surface area (Å²) in [6, 6.07) is 4.02. The topological polar surface area (TPSA) is 56.8 Å². The van der Waals surface area contributed by atoms with Crippen molar-refractivity contribution in [3.05, 3.63) is 30.1 Å². The van der Waals surface area contributed by atoms with E-state index in [0.717, 1.165) is 65.0 Å². The van der Waals surface area contributed by atoms with E-state index in [9.17, 15) is 9.59 Å². The number of amides is 2. The minimum absolute atomic E-state index is 0.202. The number of pyridine rings is 1. The smallest absolute Gasteiger partial charge is 0.236 e. The fourth-order valence-electron chi connectivity index (χ4n) is 4.99. The normalized spacial score (nSPS) is 22.8. The van der Waals surface area contributed by atoms with Gasteiger partial charge in [-0.1, -0.05) is 6.07 Å². The van der Waals surface area contributed by atoms with Gasteiger partial charge in [0.15, 0.2) is 0 Å². The van der Waals surface area contributed by atoms with Gasteiger partial charge in [-0.15, -0.1) is 0 Å². The number of carbonyl (C=O) groups is 2. The number of hydrogen-bond donors (Lipinski definition) is 0. The van der Waals surface area contributed by atoms with Gasteiger partial charge in [-0.05, 0) is 68.7 Å². The van der Waals surface area contributed by atoms with E-state index in [2.05, 4.69) is 25.8 Å². The van der Waals surface area contributed by atoms with Crippen molar-refractivity contribution in [2.45, 2.75) is 44.9 Å². The molecule has 6 heteroatoms. The van der Waals surface area contributed by atoms with Gasteiger partial charge in [0.1, 0.15) is 0 Å². The maximum atomic E-state index is 12.6. The molecule has 0 bridgehead atoms. The van der Waals surface area contributed by atoms with E-state index in [-0.39, 0.29) is 17.2 Å². The molecule has 1 aromatic heterocycles. The largest absolute Gasteiger partial charge is 0.342 e. The third kappa shape index (κ3) is 4.54. The predicted octanol–water partition coefficient (Wildman–Crippen LogP) is 1.95. The molecule has 0 N–H and O–H groups in total. The second-order valence-electron chi connectivity index (χ2n) is 8.79. The Morgan fingerprint density at radius 2 is 1.89 bits per heavy atom. The lowest BCUT2D eigenvalue weighted by Crippen LogP contribution is -2.53. The van der Waals surface area contributed by atoms with Crippen molar-refractivity contribution in [2.24, 2.45) is 5.41 Å². The first-order chi connectivity index (χ1) is 13.6. The van der Waals surface area contributed by atoms with E-state index >= 15 is 0 Å². The molecule has 4 heterocycles. The molecule has 4 rings (SSSR count). The zero-order valence-electron chi connectivity index (χ0n) is 16.8. The number of carbonyl (C=O) groups excluding carboxylic acids is 2. The molecule has 152 valence electrons. The van der Waals surface area contributed by atoms with Crippen LogP contribution >= 0.6 is 0 Å². The molecule has 3 saturated heterocycles. The first kappa shape index (κ1) is 19.4. The first-order valence-electron chi connectivity index (χ1n) is 10.8. The van der Waals surface area contributed by atoms with E-state index < -0.39 is 0 Å². The summed E-state index contributed by atoms with van der Waals surface area (Å²) in [4.78, 5) is 35.6. The molecule has 2 amide bonds. The zero-order chi connectivity index (χ0) is 19.4. The van der Waals surface area contributed by atoms with Crippen LogP contribution < -0.4 is 0 Å². The molecule has 0 unspecified atom stereocenters. The summed E-state index contributed by atoms with van der Waals surface area (Å²) in [7, 11) is 0. The van der Waals surface area contributed by atoms with Crippen LogP contribution in [0.5, 0.6) is 0 Å². The molecule has 0 saturated carbocycles. The van der Waals surface area contributed by atoms with Crippen molar-refractivity contribution >= 4 is 11.8 Å². The Morgan fingerprint density at radius 3 is 2.61 bits per heavy atom. The highest BCUT2D eigenvalue weighted by molar-refractivity contribution is 5.79. The molecule has 0 aliphatic carbocycles. The van der Waals surface area contributed by atoms with E-state index in [1.54, 1.807) is 6.20 Å². The first-order valence-corrected chi connectivity index (χ1v) is 10.8. The van der Waals surface area contributed by atoms with Crippen molar-refractivity contribution in [1.82, 2.24) is 19.7 Å². The van der Waals surface area contributed by atoms with Gasteiger partial charge in [0.05, 0.1) is 6.54 Å². The molecular weight excluding hydrogens is 352 g/mol. The van der Waals surface area contributed by atoms with Crippen LogP contribution in [0.15, 0.2) is 24.5 Å². The summed E-state index contributed by atoms with van der Waals surface area (Å²) in [6.07, 6.45) is 10.6. The number of hydrogen-bond acceptors (Lipinski definition) is 4. The SMILES string of the molecule is O=C(CN1CCCC1)N1CCC2(CCC(=O)N(CCc3cccnc3)C2)CC1. The Bertz CT molecular complexity index is 679. The summed E-state index contributed by atoms with van der Waals surface area (Å²) in [5.41, 5.74) is 1.38. The lowest BCUT2D eigenvalue weighted by atomic mass is 9.72. The summed E-state index contributed by atoms with van der Waals surface area (Å²) >= 11 is 0. The second-order valence-corrected chi connectivity index (χ2v) is 8.79. The van der Waals surface area contributed by atoms with Crippen LogP contribution in [0, 0.1) is 5.41 Å². The third-order valence-electron chi connectivity index (χ3n) is 6.88. The highest BCUT2D eigenvalue weighted by Crippen LogP contribution is 2.40. The van der Waals surface area contributed by atoms with Crippen LogP contribution in [-0.4, -0.2) is 77.3 Å². The van der Waals surface area contributed by atoms with Crippen LogP contribution in [0.2, 0.25) is 0 Å². The highest BCUT2D eigenvalue weighted by Gasteiger charge is 2.41. The fraction of sp³-hybridized carbons (Fsp3) is 0.682. The van der Waals surface area contributed by atoms with Crippen LogP contribution in [0.4, 0.5) is 0 Å². The van der Waals surface area contributed by atoms with Gasteiger partial charge in [-0.3, -0.25) is 19.5 Å². The molecule has 0 atom stereocenters. The van der Waals surface area contributed by atoms with Crippen LogP contribution in [0.25, 0.3) is 0 Å². The fourth-order valence-corrected chi connectivity index (χ4v) is 4.99. The van der Waals surface area contributed by atoms with Gasteiger partial charge < -0.3 is 9.80 Å². The van der Waals surface area contributed by atoms with Crippen LogP contribution in [0.3, 0.4) is 0 Å². The molecule has 0 aromatic carbocycles. The standard InChI is InChI=1S/C22H32N4O2/c27-20-5-7-22(18-26(20)13-6-19-4-3-10-23-16-19)8-14-25(15-9-22)21(28)17-24-11-1-2-12-24/h3-4,10,16H,1-2,5-9,11-15,17-18H2. The van der Waals surface area contributed by atoms with Gasteiger partial charge in [0.2, 0.25) is 11.8 Å². The van der Waals surface area contributed by atoms with Crippen molar-refractivity contribution in [3.8, 4) is 0 Å². The van der Waals surface area contributed by atoms with Crippen molar-refractivity contribution < 1.29 is 9.59 Å². The van der Waals surface area contributed by atoms with Gasteiger partial charge in [-0.25, -0.2) is 0 Å². The number of nitrogens with zero attached hydrogens (tertiary/aromatic N) is 4.